The van der Waals surface area contributed by atoms with Gasteiger partial charge in [-0.25, -0.2) is 0 Å². The number of aliphatic hydroxyl groups is 1. The van der Waals surface area contributed by atoms with Crippen LogP contribution in [0.15, 0.2) is 36.4 Å². The average Bonchev–Trinajstić information content (AvgIpc) is 2.59. The number of phenolic OH excluding ortho intramolecular Hbond substituents is 2. The summed E-state index contributed by atoms with van der Waals surface area (Å²) in [6, 6.07) is 7.79. The lowest BCUT2D eigenvalue weighted by atomic mass is 9.92. The Balaban J connectivity index is 2.12. The number of carbonyl (C=O) groups is 1. The van der Waals surface area contributed by atoms with Gasteiger partial charge in [-0.05, 0) is 37.6 Å². The minimum absolute atomic E-state index is 0.105. The highest BCUT2D eigenvalue weighted by Gasteiger charge is 2.33. The standard InChI is InChI=1S/C21H22O6/c1-21(2,25)9-8-14-15(23)10-18(26-3)19-16(24)11-17(27-20(14)19)12-4-6-13(22)7-5-12/h4-10,17,22-23,25H,11H2,1-3H3/t17-/m1/s1. The summed E-state index contributed by atoms with van der Waals surface area (Å²) in [7, 11) is 1.42. The minimum atomic E-state index is -1.10. The molecule has 1 aliphatic rings. The molecule has 6 heteroatoms. The fourth-order valence-electron chi connectivity index (χ4n) is 2.96. The van der Waals surface area contributed by atoms with E-state index in [4.69, 9.17) is 9.47 Å². The second kappa shape index (κ2) is 6.96. The van der Waals surface area contributed by atoms with E-state index in [1.807, 2.05) is 0 Å². The summed E-state index contributed by atoms with van der Waals surface area (Å²) in [5.74, 6) is 0.266. The van der Waals surface area contributed by atoms with E-state index in [-0.39, 0.29) is 40.8 Å². The number of carbonyl (C=O) groups excluding carboxylic acids is 1. The van der Waals surface area contributed by atoms with Gasteiger partial charge in [0.05, 0.1) is 24.7 Å². The summed E-state index contributed by atoms with van der Waals surface area (Å²) >= 11 is 0. The van der Waals surface area contributed by atoms with E-state index < -0.39 is 11.7 Å². The Morgan fingerprint density at radius 2 is 1.89 bits per heavy atom. The van der Waals surface area contributed by atoms with Crippen LogP contribution in [0.3, 0.4) is 0 Å². The lowest BCUT2D eigenvalue weighted by Crippen LogP contribution is -2.22. The van der Waals surface area contributed by atoms with Gasteiger partial charge >= 0.3 is 0 Å². The van der Waals surface area contributed by atoms with Crippen LogP contribution >= 0.6 is 0 Å². The van der Waals surface area contributed by atoms with Crippen LogP contribution in [0.2, 0.25) is 0 Å². The van der Waals surface area contributed by atoms with Crippen LogP contribution in [0.5, 0.6) is 23.0 Å². The maximum Gasteiger partial charge on any atom is 0.174 e. The number of Topliss-reactive ketones (excluding diaryl/α,β-unsaturated/α-hetero) is 1. The van der Waals surface area contributed by atoms with Gasteiger partial charge in [-0.2, -0.15) is 0 Å². The van der Waals surface area contributed by atoms with E-state index >= 15 is 0 Å². The van der Waals surface area contributed by atoms with E-state index in [0.29, 0.717) is 5.56 Å². The molecule has 1 aliphatic heterocycles. The lowest BCUT2D eigenvalue weighted by Gasteiger charge is -2.28. The number of aromatic hydroxyl groups is 2. The van der Waals surface area contributed by atoms with Crippen LogP contribution in [-0.4, -0.2) is 33.8 Å². The highest BCUT2D eigenvalue weighted by atomic mass is 16.5. The van der Waals surface area contributed by atoms with E-state index in [0.717, 1.165) is 5.56 Å². The van der Waals surface area contributed by atoms with Crippen LogP contribution in [0.25, 0.3) is 6.08 Å². The van der Waals surface area contributed by atoms with Crippen LogP contribution in [0.1, 0.15) is 47.9 Å². The van der Waals surface area contributed by atoms with E-state index in [2.05, 4.69) is 0 Å². The molecule has 1 atom stereocenters. The number of hydrogen-bond acceptors (Lipinski definition) is 6. The number of fused-ring (bicyclic) bond motifs is 1. The quantitative estimate of drug-likeness (QED) is 0.761. The zero-order valence-electron chi connectivity index (χ0n) is 15.4. The summed E-state index contributed by atoms with van der Waals surface area (Å²) in [6.07, 6.45) is 2.58. The third-order valence-corrected chi connectivity index (χ3v) is 4.31. The maximum atomic E-state index is 12.8. The molecule has 27 heavy (non-hydrogen) atoms. The Labute approximate surface area is 157 Å². The van der Waals surface area contributed by atoms with Gasteiger partial charge in [0.25, 0.3) is 0 Å². The van der Waals surface area contributed by atoms with Gasteiger partial charge in [-0.1, -0.05) is 18.2 Å². The van der Waals surface area contributed by atoms with Crippen molar-refractivity contribution in [3.05, 3.63) is 53.1 Å². The van der Waals surface area contributed by atoms with Crippen molar-refractivity contribution in [3.8, 4) is 23.0 Å². The molecule has 0 unspecified atom stereocenters. The Hall–Kier alpha value is -2.99. The van der Waals surface area contributed by atoms with Crippen molar-refractivity contribution >= 4 is 11.9 Å². The number of ketones is 1. The maximum absolute atomic E-state index is 12.8. The fourth-order valence-corrected chi connectivity index (χ4v) is 2.96. The van der Waals surface area contributed by atoms with Crippen molar-refractivity contribution in [2.45, 2.75) is 32.0 Å². The van der Waals surface area contributed by atoms with Gasteiger partial charge in [0, 0.05) is 6.07 Å². The molecule has 0 saturated heterocycles. The summed E-state index contributed by atoms with van der Waals surface area (Å²) in [5, 5.41) is 29.8. The van der Waals surface area contributed by atoms with Crippen LogP contribution in [0.4, 0.5) is 0 Å². The van der Waals surface area contributed by atoms with Crippen molar-refractivity contribution in [2.75, 3.05) is 7.11 Å². The highest BCUT2D eigenvalue weighted by Crippen LogP contribution is 2.46. The second-order valence-electron chi connectivity index (χ2n) is 7.03. The van der Waals surface area contributed by atoms with Crippen LogP contribution < -0.4 is 9.47 Å². The molecule has 0 saturated carbocycles. The van der Waals surface area contributed by atoms with Crippen LogP contribution in [0, 0.1) is 0 Å². The summed E-state index contributed by atoms with van der Waals surface area (Å²) in [6.45, 7) is 3.20. The third-order valence-electron chi connectivity index (χ3n) is 4.31. The second-order valence-corrected chi connectivity index (χ2v) is 7.03. The van der Waals surface area contributed by atoms with Gasteiger partial charge in [0.2, 0.25) is 0 Å². The van der Waals surface area contributed by atoms with E-state index in [9.17, 15) is 20.1 Å². The number of benzene rings is 2. The Morgan fingerprint density at radius 3 is 2.48 bits per heavy atom. The summed E-state index contributed by atoms with van der Waals surface area (Å²) in [5.41, 5.74) is 0.186. The first-order valence-corrected chi connectivity index (χ1v) is 8.54. The lowest BCUT2D eigenvalue weighted by molar-refractivity contribution is 0.0843. The third kappa shape index (κ3) is 3.90. The first-order valence-electron chi connectivity index (χ1n) is 8.54. The normalized spacial score (nSPS) is 16.9. The Morgan fingerprint density at radius 1 is 1.22 bits per heavy atom. The van der Waals surface area contributed by atoms with Crippen molar-refractivity contribution in [3.63, 3.8) is 0 Å². The highest BCUT2D eigenvalue weighted by molar-refractivity contribution is 6.04. The largest absolute Gasteiger partial charge is 0.508 e. The molecule has 0 aliphatic carbocycles. The zero-order chi connectivity index (χ0) is 19.8. The molecule has 3 N–H and O–H groups in total. The molecule has 0 amide bonds. The molecule has 1 heterocycles. The zero-order valence-corrected chi connectivity index (χ0v) is 15.4. The van der Waals surface area contributed by atoms with E-state index in [1.54, 1.807) is 26.0 Å². The van der Waals surface area contributed by atoms with Gasteiger partial charge in [0.15, 0.2) is 5.78 Å². The molecule has 0 aromatic heterocycles. The van der Waals surface area contributed by atoms with Gasteiger partial charge in [-0.3, -0.25) is 4.79 Å². The molecule has 6 nitrogen and oxygen atoms in total. The Bertz CT molecular complexity index is 890. The molecule has 142 valence electrons. The average molecular weight is 370 g/mol. The van der Waals surface area contributed by atoms with Crippen molar-refractivity contribution in [2.24, 2.45) is 0 Å². The molecule has 2 aromatic rings. The topological polar surface area (TPSA) is 96.2 Å². The first kappa shape index (κ1) is 18.8. The SMILES string of the molecule is COc1cc(O)c(C=CC(C)(C)O)c2c1C(=O)C[C@H](c1ccc(O)cc1)O2. The summed E-state index contributed by atoms with van der Waals surface area (Å²) in [4.78, 5) is 12.8. The smallest absolute Gasteiger partial charge is 0.174 e. The molecule has 0 radical (unpaired) electrons. The van der Waals surface area contributed by atoms with Gasteiger partial charge in [-0.15, -0.1) is 0 Å². The van der Waals surface area contributed by atoms with Crippen molar-refractivity contribution in [1.82, 2.24) is 0 Å². The van der Waals surface area contributed by atoms with Crippen molar-refractivity contribution in [1.29, 1.82) is 0 Å². The fraction of sp³-hybridized carbons (Fsp3) is 0.286. The van der Waals surface area contributed by atoms with E-state index in [1.165, 1.54) is 37.5 Å². The molecule has 0 bridgehead atoms. The molecule has 2 aromatic carbocycles. The number of hydrogen-bond donors (Lipinski definition) is 3. The molecule has 3 rings (SSSR count). The van der Waals surface area contributed by atoms with Gasteiger partial charge < -0.3 is 24.8 Å². The predicted octanol–water partition coefficient (Wildman–Crippen LogP) is 3.60. The summed E-state index contributed by atoms with van der Waals surface area (Å²) < 4.78 is 11.3. The predicted molar refractivity (Wildman–Crippen MR) is 100 cm³/mol. The van der Waals surface area contributed by atoms with Crippen molar-refractivity contribution < 1.29 is 29.6 Å². The molecular weight excluding hydrogens is 348 g/mol. The number of phenols is 2. The molecule has 0 fully saturated rings. The monoisotopic (exact) mass is 370 g/mol. The molecule has 0 spiro atoms. The van der Waals surface area contributed by atoms with Crippen LogP contribution in [-0.2, 0) is 0 Å². The Kier molecular flexibility index (Phi) is 4.85. The first-order chi connectivity index (χ1) is 12.7. The number of rotatable bonds is 4. The van der Waals surface area contributed by atoms with Gasteiger partial charge in [0.1, 0.15) is 34.7 Å². The number of ether oxygens (including phenoxy) is 2. The molecular formula is C21H22O6. The minimum Gasteiger partial charge on any atom is -0.508 e. The number of methoxy groups -OCH3 is 1.